The van der Waals surface area contributed by atoms with E-state index < -0.39 is 5.60 Å². The van der Waals surface area contributed by atoms with Gasteiger partial charge in [-0.05, 0) is 111 Å². The maximum absolute atomic E-state index is 13.3. The van der Waals surface area contributed by atoms with Crippen LogP contribution in [0.2, 0.25) is 0 Å². The molecule has 1 unspecified atom stereocenters. The van der Waals surface area contributed by atoms with E-state index in [1.165, 1.54) is 0 Å². The van der Waals surface area contributed by atoms with Crippen LogP contribution in [-0.4, -0.2) is 17.7 Å². The normalized spacial score (nSPS) is 15.0. The second-order valence-electron chi connectivity index (χ2n) is 11.5. The molecule has 6 aromatic carbocycles. The van der Waals surface area contributed by atoms with Crippen LogP contribution in [0.4, 0.5) is 0 Å². The molecular formula is C41H35NO. The predicted molar refractivity (Wildman–Crippen MR) is 179 cm³/mol. The van der Waals surface area contributed by atoms with Crippen LogP contribution in [0.1, 0.15) is 24.0 Å². The maximum Gasteiger partial charge on any atom is 0.130 e. The molecule has 0 saturated carbocycles. The topological polar surface area (TPSA) is 32.3 Å². The highest BCUT2D eigenvalue weighted by Crippen LogP contribution is 2.43. The molecule has 1 heterocycles. The summed E-state index contributed by atoms with van der Waals surface area (Å²) in [5, 5.41) is 17.0. The zero-order chi connectivity index (χ0) is 29.1. The lowest BCUT2D eigenvalue weighted by Gasteiger charge is -2.37. The van der Waals surface area contributed by atoms with Gasteiger partial charge in [-0.25, -0.2) is 0 Å². The third-order valence-electron chi connectivity index (χ3n) is 8.74. The Balaban J connectivity index is 1.49. The maximum atomic E-state index is 13.3. The van der Waals surface area contributed by atoms with Crippen LogP contribution in [0.25, 0.3) is 44.5 Å². The molecule has 2 heteroatoms. The molecule has 2 N–H and O–H groups in total. The molecule has 0 aromatic heterocycles. The van der Waals surface area contributed by atoms with Crippen LogP contribution >= 0.6 is 0 Å². The summed E-state index contributed by atoms with van der Waals surface area (Å²) < 4.78 is 0. The molecule has 210 valence electrons. The number of hydrogen-bond donors (Lipinski definition) is 2. The summed E-state index contributed by atoms with van der Waals surface area (Å²) in [7, 11) is 0. The van der Waals surface area contributed by atoms with Gasteiger partial charge in [-0.15, -0.1) is 0 Å². The average Bonchev–Trinajstić information content (AvgIpc) is 3.65. The molecule has 6 aromatic rings. The van der Waals surface area contributed by atoms with Crippen molar-refractivity contribution in [3.63, 3.8) is 0 Å². The number of rotatable bonds is 7. The van der Waals surface area contributed by atoms with E-state index >= 15 is 0 Å². The first-order valence-electron chi connectivity index (χ1n) is 15.2. The fourth-order valence-corrected chi connectivity index (χ4v) is 6.49. The molecular weight excluding hydrogens is 522 g/mol. The Morgan fingerprint density at radius 1 is 0.442 bits per heavy atom. The second kappa shape index (κ2) is 11.9. The van der Waals surface area contributed by atoms with E-state index in [0.717, 1.165) is 75.0 Å². The number of nitrogens with one attached hydrogen (secondary N) is 1. The molecule has 2 nitrogen and oxygen atoms in total. The number of aliphatic hydroxyl groups is 1. The van der Waals surface area contributed by atoms with Crippen molar-refractivity contribution in [2.24, 2.45) is 0 Å². The lowest BCUT2D eigenvalue weighted by atomic mass is 9.76. The first-order valence-corrected chi connectivity index (χ1v) is 15.2. The third kappa shape index (κ3) is 5.44. The molecule has 0 spiro atoms. The molecule has 0 bridgehead atoms. The van der Waals surface area contributed by atoms with Crippen LogP contribution in [0, 0.1) is 0 Å². The minimum absolute atomic E-state index is 0.128. The van der Waals surface area contributed by atoms with Crippen LogP contribution in [-0.2, 0) is 5.60 Å². The van der Waals surface area contributed by atoms with E-state index in [-0.39, 0.29) is 6.04 Å². The minimum Gasteiger partial charge on any atom is -0.379 e. The molecule has 1 aliphatic rings. The van der Waals surface area contributed by atoms with Gasteiger partial charge in [0, 0.05) is 6.04 Å². The lowest BCUT2D eigenvalue weighted by molar-refractivity contribution is 0.0444. The molecule has 0 amide bonds. The van der Waals surface area contributed by atoms with Gasteiger partial charge in [0.1, 0.15) is 5.60 Å². The van der Waals surface area contributed by atoms with Gasteiger partial charge in [0.25, 0.3) is 0 Å². The van der Waals surface area contributed by atoms with Gasteiger partial charge < -0.3 is 10.4 Å². The second-order valence-corrected chi connectivity index (χ2v) is 11.5. The fourth-order valence-electron chi connectivity index (χ4n) is 6.49. The van der Waals surface area contributed by atoms with Gasteiger partial charge in [-0.3, -0.25) is 0 Å². The van der Waals surface area contributed by atoms with E-state index in [9.17, 15) is 5.11 Å². The minimum atomic E-state index is -1.26. The summed E-state index contributed by atoms with van der Waals surface area (Å²) in [6, 6.07) is 55.1. The zero-order valence-electron chi connectivity index (χ0n) is 24.2. The SMILES string of the molecule is OC(c1cc(-c2ccccc2)cc(-c2ccccc2)c1)(c1cc(-c2ccccc2)cc(-c2ccccc2)c1)C1CCCN1. The molecule has 1 atom stereocenters. The monoisotopic (exact) mass is 557 g/mol. The third-order valence-corrected chi connectivity index (χ3v) is 8.74. The first-order chi connectivity index (χ1) is 21.2. The van der Waals surface area contributed by atoms with Gasteiger partial charge in [0.05, 0.1) is 0 Å². The Morgan fingerprint density at radius 3 is 1.05 bits per heavy atom. The van der Waals surface area contributed by atoms with Crippen molar-refractivity contribution in [1.29, 1.82) is 0 Å². The molecule has 1 saturated heterocycles. The van der Waals surface area contributed by atoms with Gasteiger partial charge in [0.2, 0.25) is 0 Å². The summed E-state index contributed by atoms with van der Waals surface area (Å²) in [5.74, 6) is 0. The largest absolute Gasteiger partial charge is 0.379 e. The van der Waals surface area contributed by atoms with E-state index in [4.69, 9.17) is 0 Å². The lowest BCUT2D eigenvalue weighted by Crippen LogP contribution is -2.46. The van der Waals surface area contributed by atoms with Crippen LogP contribution in [0.5, 0.6) is 0 Å². The molecule has 1 aliphatic heterocycles. The highest BCUT2D eigenvalue weighted by Gasteiger charge is 2.42. The number of benzene rings is 6. The zero-order valence-corrected chi connectivity index (χ0v) is 24.2. The summed E-state index contributed by atoms with van der Waals surface area (Å²) in [6.07, 6.45) is 1.92. The van der Waals surface area contributed by atoms with Crippen LogP contribution < -0.4 is 5.32 Å². The quantitative estimate of drug-likeness (QED) is 0.205. The molecule has 7 rings (SSSR count). The van der Waals surface area contributed by atoms with Gasteiger partial charge in [-0.2, -0.15) is 0 Å². The van der Waals surface area contributed by atoms with E-state index in [2.05, 4.69) is 139 Å². The fraction of sp³-hybridized carbons (Fsp3) is 0.122. The Bertz CT molecular complexity index is 1570. The van der Waals surface area contributed by atoms with Crippen molar-refractivity contribution in [3.05, 3.63) is 169 Å². The first kappa shape index (κ1) is 27.1. The van der Waals surface area contributed by atoms with Gasteiger partial charge in [0.15, 0.2) is 0 Å². The highest BCUT2D eigenvalue weighted by atomic mass is 16.3. The van der Waals surface area contributed by atoms with Crippen molar-refractivity contribution in [2.45, 2.75) is 24.5 Å². The molecule has 0 radical (unpaired) electrons. The summed E-state index contributed by atoms with van der Waals surface area (Å²) in [5.41, 5.74) is 9.43. The van der Waals surface area contributed by atoms with Crippen LogP contribution in [0.15, 0.2) is 158 Å². The van der Waals surface area contributed by atoms with Crippen molar-refractivity contribution < 1.29 is 5.11 Å². The van der Waals surface area contributed by atoms with E-state index in [0.29, 0.717) is 0 Å². The Labute approximate surface area is 254 Å². The summed E-state index contributed by atoms with van der Waals surface area (Å²) >= 11 is 0. The van der Waals surface area contributed by atoms with Crippen molar-refractivity contribution in [1.82, 2.24) is 5.32 Å². The molecule has 1 fully saturated rings. The molecule has 0 aliphatic carbocycles. The Morgan fingerprint density at radius 2 is 0.767 bits per heavy atom. The van der Waals surface area contributed by atoms with Crippen LogP contribution in [0.3, 0.4) is 0 Å². The summed E-state index contributed by atoms with van der Waals surface area (Å²) in [4.78, 5) is 0. The van der Waals surface area contributed by atoms with Crippen molar-refractivity contribution in [2.75, 3.05) is 6.54 Å². The molecule has 43 heavy (non-hydrogen) atoms. The van der Waals surface area contributed by atoms with E-state index in [1.54, 1.807) is 0 Å². The van der Waals surface area contributed by atoms with Crippen molar-refractivity contribution >= 4 is 0 Å². The number of hydrogen-bond acceptors (Lipinski definition) is 2. The Hall–Kier alpha value is -4.76. The van der Waals surface area contributed by atoms with Crippen molar-refractivity contribution in [3.8, 4) is 44.5 Å². The smallest absolute Gasteiger partial charge is 0.130 e. The van der Waals surface area contributed by atoms with Gasteiger partial charge >= 0.3 is 0 Å². The standard InChI is InChI=1S/C41H35NO/c43-41(40-22-13-23-42-40,38-26-34(30-14-5-1-6-15-30)24-35(27-38)31-16-7-2-8-17-31)39-28-36(32-18-9-3-10-19-32)25-37(29-39)33-20-11-4-12-21-33/h1-12,14-21,24-29,40,42-43H,13,22-23H2. The highest BCUT2D eigenvalue weighted by molar-refractivity contribution is 5.77. The predicted octanol–water partition coefficient (Wildman–Crippen LogP) is 9.34. The average molecular weight is 558 g/mol. The summed E-state index contributed by atoms with van der Waals surface area (Å²) in [6.45, 7) is 0.890. The van der Waals surface area contributed by atoms with E-state index in [1.807, 2.05) is 24.3 Å². The Kier molecular flexibility index (Phi) is 7.47. The van der Waals surface area contributed by atoms with Gasteiger partial charge in [-0.1, -0.05) is 121 Å².